The van der Waals surface area contributed by atoms with Crippen LogP contribution >= 0.6 is 11.6 Å². The highest BCUT2D eigenvalue weighted by Gasteiger charge is 2.20. The van der Waals surface area contributed by atoms with Crippen LogP contribution in [0.5, 0.6) is 0 Å². The van der Waals surface area contributed by atoms with E-state index in [2.05, 4.69) is 15.6 Å². The fourth-order valence-corrected chi connectivity index (χ4v) is 3.62. The largest absolute Gasteiger partial charge is 0.395 e. The lowest BCUT2D eigenvalue weighted by Gasteiger charge is -2.12. The molecule has 0 aliphatic rings. The molecule has 0 bridgehead atoms. The summed E-state index contributed by atoms with van der Waals surface area (Å²) >= 11 is 6.20. The van der Waals surface area contributed by atoms with Gasteiger partial charge in [-0.3, -0.25) is 14.6 Å². The fourth-order valence-electron chi connectivity index (χ4n) is 3.38. The quantitative estimate of drug-likeness (QED) is 0.369. The van der Waals surface area contributed by atoms with Crippen molar-refractivity contribution in [3.8, 4) is 16.9 Å². The maximum atomic E-state index is 14.6. The number of nitrogens with one attached hydrogen (secondary N) is 2. The molecule has 0 fully saturated rings. The molecular weight excluding hydrogens is 459 g/mol. The molecule has 0 unspecified atom stereocenters. The number of anilines is 1. The summed E-state index contributed by atoms with van der Waals surface area (Å²) in [4.78, 5) is 29.8. The Morgan fingerprint density at radius 3 is 2.50 bits per heavy atom. The van der Waals surface area contributed by atoms with Crippen LogP contribution in [0, 0.1) is 5.82 Å². The molecule has 2 amide bonds. The van der Waals surface area contributed by atoms with Crippen LogP contribution in [-0.2, 0) is 0 Å². The second-order valence-corrected chi connectivity index (χ2v) is 7.69. The van der Waals surface area contributed by atoms with Gasteiger partial charge in [0, 0.05) is 30.2 Å². The van der Waals surface area contributed by atoms with Crippen molar-refractivity contribution in [1.82, 2.24) is 14.9 Å². The Kier molecular flexibility index (Phi) is 7.01. The monoisotopic (exact) mass is 478 g/mol. The van der Waals surface area contributed by atoms with Crippen molar-refractivity contribution in [2.24, 2.45) is 0 Å². The maximum absolute atomic E-state index is 14.6. The number of aliphatic hydroxyl groups excluding tert-OH is 1. The van der Waals surface area contributed by atoms with E-state index < -0.39 is 17.6 Å². The SMILES string of the molecule is O=C(NCCO)c1cc(NC(=O)c2cc(-c3ccccn3)c(F)cc2Cl)n(-c2ccccc2)c1. The number of carbonyl (C=O) groups is 2. The van der Waals surface area contributed by atoms with E-state index in [0.717, 1.165) is 6.07 Å². The molecule has 2 aromatic carbocycles. The molecule has 0 aliphatic heterocycles. The van der Waals surface area contributed by atoms with Crippen LogP contribution in [0.4, 0.5) is 10.2 Å². The van der Waals surface area contributed by atoms with E-state index in [1.54, 1.807) is 29.0 Å². The van der Waals surface area contributed by atoms with Gasteiger partial charge >= 0.3 is 0 Å². The highest BCUT2D eigenvalue weighted by atomic mass is 35.5. The van der Waals surface area contributed by atoms with Crippen LogP contribution in [0.3, 0.4) is 0 Å². The summed E-state index contributed by atoms with van der Waals surface area (Å²) in [6.07, 6.45) is 3.10. The first-order valence-electron chi connectivity index (χ1n) is 10.4. The van der Waals surface area contributed by atoms with Crippen LogP contribution in [0.15, 0.2) is 79.1 Å². The normalized spacial score (nSPS) is 10.7. The third-order valence-corrected chi connectivity index (χ3v) is 5.31. The zero-order valence-electron chi connectivity index (χ0n) is 17.8. The van der Waals surface area contributed by atoms with Crippen molar-refractivity contribution < 1.29 is 19.1 Å². The van der Waals surface area contributed by atoms with E-state index in [-0.39, 0.29) is 34.9 Å². The van der Waals surface area contributed by atoms with Gasteiger partial charge in [0.2, 0.25) is 0 Å². The summed E-state index contributed by atoms with van der Waals surface area (Å²) in [7, 11) is 0. The molecule has 3 N–H and O–H groups in total. The lowest BCUT2D eigenvalue weighted by atomic mass is 10.1. The predicted octanol–water partition coefficient (Wildman–Crippen LogP) is 4.31. The van der Waals surface area contributed by atoms with Crippen molar-refractivity contribution in [3.63, 3.8) is 0 Å². The number of pyridine rings is 1. The molecule has 0 saturated heterocycles. The molecule has 2 aromatic heterocycles. The molecular formula is C25H20ClFN4O3. The Hall–Kier alpha value is -4.01. The minimum absolute atomic E-state index is 0.0517. The first-order chi connectivity index (χ1) is 16.5. The smallest absolute Gasteiger partial charge is 0.258 e. The summed E-state index contributed by atoms with van der Waals surface area (Å²) in [6, 6.07) is 18.1. The topological polar surface area (TPSA) is 96.2 Å². The number of benzene rings is 2. The van der Waals surface area contributed by atoms with Gasteiger partial charge in [-0.2, -0.15) is 0 Å². The van der Waals surface area contributed by atoms with Gasteiger partial charge in [0.1, 0.15) is 11.6 Å². The Balaban J connectivity index is 1.70. The third-order valence-electron chi connectivity index (χ3n) is 5.00. The maximum Gasteiger partial charge on any atom is 0.258 e. The lowest BCUT2D eigenvalue weighted by molar-refractivity contribution is 0.0944. The lowest BCUT2D eigenvalue weighted by Crippen LogP contribution is -2.25. The van der Waals surface area contributed by atoms with Crippen molar-refractivity contribution in [3.05, 3.63) is 101 Å². The Morgan fingerprint density at radius 1 is 1.03 bits per heavy atom. The second-order valence-electron chi connectivity index (χ2n) is 7.28. The predicted molar refractivity (Wildman–Crippen MR) is 128 cm³/mol. The number of hydrogen-bond donors (Lipinski definition) is 3. The van der Waals surface area contributed by atoms with Crippen molar-refractivity contribution in [1.29, 1.82) is 0 Å². The molecule has 172 valence electrons. The van der Waals surface area contributed by atoms with Gasteiger partial charge in [-0.15, -0.1) is 0 Å². The Bertz CT molecular complexity index is 1330. The van der Waals surface area contributed by atoms with E-state index in [1.807, 2.05) is 30.3 Å². The zero-order valence-corrected chi connectivity index (χ0v) is 18.6. The molecule has 4 aromatic rings. The van der Waals surface area contributed by atoms with Crippen molar-refractivity contribution in [2.45, 2.75) is 0 Å². The number of amides is 2. The van der Waals surface area contributed by atoms with Crippen LogP contribution < -0.4 is 10.6 Å². The Labute approximate surface area is 199 Å². The molecule has 0 aliphatic carbocycles. The van der Waals surface area contributed by atoms with Gasteiger partial charge < -0.3 is 20.3 Å². The van der Waals surface area contributed by atoms with E-state index >= 15 is 0 Å². The average molecular weight is 479 g/mol. The molecule has 4 rings (SSSR count). The number of aliphatic hydroxyl groups is 1. The summed E-state index contributed by atoms with van der Waals surface area (Å²) in [5, 5.41) is 14.3. The number of para-hydroxylation sites is 1. The molecule has 0 spiro atoms. The van der Waals surface area contributed by atoms with Crippen LogP contribution in [0.1, 0.15) is 20.7 Å². The second kappa shape index (κ2) is 10.3. The van der Waals surface area contributed by atoms with Crippen molar-refractivity contribution >= 4 is 29.2 Å². The van der Waals surface area contributed by atoms with Gasteiger partial charge in [-0.25, -0.2) is 4.39 Å². The highest BCUT2D eigenvalue weighted by Crippen LogP contribution is 2.29. The van der Waals surface area contributed by atoms with Gasteiger partial charge in [0.15, 0.2) is 0 Å². The molecule has 7 nitrogen and oxygen atoms in total. The standard InChI is InChI=1S/C25H20ClFN4O3/c26-20-14-21(27)19(22-8-4-5-9-28-22)13-18(20)25(34)30-23-12-16(24(33)29-10-11-32)15-31(23)17-6-2-1-3-7-17/h1-9,12-15,32H,10-11H2,(H,29,33)(H,30,34). The molecule has 9 heteroatoms. The number of rotatable bonds is 7. The number of halogens is 2. The van der Waals surface area contributed by atoms with Crippen LogP contribution in [0.25, 0.3) is 16.9 Å². The van der Waals surface area contributed by atoms with E-state index in [9.17, 15) is 14.0 Å². The van der Waals surface area contributed by atoms with Gasteiger partial charge in [-0.05, 0) is 42.5 Å². The van der Waals surface area contributed by atoms with E-state index in [4.69, 9.17) is 16.7 Å². The number of nitrogens with zero attached hydrogens (tertiary/aromatic N) is 2. The fraction of sp³-hybridized carbons (Fsp3) is 0.0800. The number of hydrogen-bond acceptors (Lipinski definition) is 4. The molecule has 2 heterocycles. The van der Waals surface area contributed by atoms with Crippen LogP contribution in [0.2, 0.25) is 5.02 Å². The Morgan fingerprint density at radius 2 is 1.79 bits per heavy atom. The summed E-state index contributed by atoms with van der Waals surface area (Å²) < 4.78 is 16.2. The van der Waals surface area contributed by atoms with E-state index in [0.29, 0.717) is 17.2 Å². The van der Waals surface area contributed by atoms with Gasteiger partial charge in [0.25, 0.3) is 11.8 Å². The van der Waals surface area contributed by atoms with Gasteiger partial charge in [-0.1, -0.05) is 35.9 Å². The van der Waals surface area contributed by atoms with Gasteiger partial charge in [0.05, 0.1) is 28.5 Å². The summed E-state index contributed by atoms with van der Waals surface area (Å²) in [5.41, 5.74) is 1.54. The highest BCUT2D eigenvalue weighted by molar-refractivity contribution is 6.34. The molecule has 0 atom stereocenters. The van der Waals surface area contributed by atoms with Crippen LogP contribution in [-0.4, -0.2) is 39.6 Å². The van der Waals surface area contributed by atoms with Crippen molar-refractivity contribution in [2.75, 3.05) is 18.5 Å². The first kappa shape index (κ1) is 23.2. The number of carbonyl (C=O) groups excluding carboxylic acids is 2. The minimum atomic E-state index is -0.601. The zero-order chi connectivity index (χ0) is 24.1. The minimum Gasteiger partial charge on any atom is -0.395 e. The summed E-state index contributed by atoms with van der Waals surface area (Å²) in [6.45, 7) is -0.102. The molecule has 0 saturated carbocycles. The first-order valence-corrected chi connectivity index (χ1v) is 10.7. The third kappa shape index (κ3) is 4.98. The van der Waals surface area contributed by atoms with E-state index in [1.165, 1.54) is 18.3 Å². The molecule has 0 radical (unpaired) electrons. The molecule has 34 heavy (non-hydrogen) atoms. The summed E-state index contributed by atoms with van der Waals surface area (Å²) in [5.74, 6) is -1.28. The number of aromatic nitrogens is 2. The average Bonchev–Trinajstić information content (AvgIpc) is 3.27.